The molecule has 82 valence electrons. The average molecular weight is 213 g/mol. The molecule has 1 unspecified atom stereocenters. The van der Waals surface area contributed by atoms with Crippen molar-refractivity contribution in [2.45, 2.75) is 31.8 Å². The smallest absolute Gasteiger partial charge is 0.145 e. The van der Waals surface area contributed by atoms with Gasteiger partial charge in [0.25, 0.3) is 0 Å². The molecule has 1 aromatic carbocycles. The molecule has 1 aromatic heterocycles. The Morgan fingerprint density at radius 2 is 2.12 bits per heavy atom. The topological polar surface area (TPSA) is 37.8 Å². The van der Waals surface area contributed by atoms with Gasteiger partial charge in [-0.15, -0.1) is 0 Å². The Morgan fingerprint density at radius 3 is 2.94 bits per heavy atom. The molecule has 3 nitrogen and oxygen atoms in total. The van der Waals surface area contributed by atoms with E-state index >= 15 is 0 Å². The second kappa shape index (κ2) is 3.83. The van der Waals surface area contributed by atoms with Gasteiger partial charge < -0.3 is 5.32 Å². The summed E-state index contributed by atoms with van der Waals surface area (Å²) in [7, 11) is 0. The molecule has 16 heavy (non-hydrogen) atoms. The second-order valence-corrected chi connectivity index (χ2v) is 4.45. The van der Waals surface area contributed by atoms with E-state index in [-0.39, 0.29) is 6.04 Å². The number of rotatable bonds is 3. The van der Waals surface area contributed by atoms with Crippen molar-refractivity contribution in [1.29, 1.82) is 0 Å². The number of nitrogens with zero attached hydrogens (tertiary/aromatic N) is 2. The third-order valence-corrected chi connectivity index (χ3v) is 2.96. The molecule has 0 radical (unpaired) electrons. The molecule has 0 saturated heterocycles. The highest BCUT2D eigenvalue weighted by atomic mass is 15.0. The molecular formula is C13H15N3. The Labute approximate surface area is 94.9 Å². The number of benzene rings is 1. The zero-order chi connectivity index (χ0) is 11.0. The maximum atomic E-state index is 4.58. The van der Waals surface area contributed by atoms with E-state index in [0.717, 1.165) is 16.7 Å². The van der Waals surface area contributed by atoms with Crippen molar-refractivity contribution >= 4 is 10.9 Å². The fourth-order valence-corrected chi connectivity index (χ4v) is 1.87. The van der Waals surface area contributed by atoms with Crippen molar-refractivity contribution in [2.75, 3.05) is 0 Å². The lowest BCUT2D eigenvalue weighted by atomic mass is 10.2. The molecule has 2 aromatic rings. The predicted molar refractivity (Wildman–Crippen MR) is 64.1 cm³/mol. The summed E-state index contributed by atoms with van der Waals surface area (Å²) >= 11 is 0. The van der Waals surface area contributed by atoms with Gasteiger partial charge in [-0.2, -0.15) is 0 Å². The molecule has 1 atom stereocenters. The van der Waals surface area contributed by atoms with Crippen LogP contribution in [-0.4, -0.2) is 16.0 Å². The van der Waals surface area contributed by atoms with E-state index in [0.29, 0.717) is 6.04 Å². The van der Waals surface area contributed by atoms with E-state index in [2.05, 4.69) is 22.2 Å². The van der Waals surface area contributed by atoms with Gasteiger partial charge in [0, 0.05) is 17.6 Å². The summed E-state index contributed by atoms with van der Waals surface area (Å²) in [4.78, 5) is 9.00. The van der Waals surface area contributed by atoms with Crippen LogP contribution in [-0.2, 0) is 0 Å². The lowest BCUT2D eigenvalue weighted by molar-refractivity contribution is 0.545. The molecule has 3 heteroatoms. The zero-order valence-corrected chi connectivity index (χ0v) is 9.35. The third kappa shape index (κ3) is 1.91. The van der Waals surface area contributed by atoms with Crippen LogP contribution in [0.5, 0.6) is 0 Å². The van der Waals surface area contributed by atoms with Crippen molar-refractivity contribution in [2.24, 2.45) is 0 Å². The molecule has 1 fully saturated rings. The first-order chi connectivity index (χ1) is 7.83. The Bertz CT molecular complexity index is 505. The van der Waals surface area contributed by atoms with Gasteiger partial charge in [-0.1, -0.05) is 18.2 Å². The van der Waals surface area contributed by atoms with Crippen LogP contribution in [0, 0.1) is 0 Å². The summed E-state index contributed by atoms with van der Waals surface area (Å²) in [5, 5.41) is 4.61. The first-order valence-electron chi connectivity index (χ1n) is 5.80. The SMILES string of the molecule is CC(NC1CC1)c1ncc2ccccc2n1. The highest BCUT2D eigenvalue weighted by molar-refractivity contribution is 5.77. The fraction of sp³-hybridized carbons (Fsp3) is 0.385. The summed E-state index contributed by atoms with van der Waals surface area (Å²) < 4.78 is 0. The standard InChI is InChI=1S/C13H15N3/c1-9(15-11-6-7-11)13-14-8-10-4-2-3-5-12(10)16-13/h2-5,8-9,11,15H,6-7H2,1H3. The van der Waals surface area contributed by atoms with Crippen molar-refractivity contribution in [3.8, 4) is 0 Å². The number of hydrogen-bond donors (Lipinski definition) is 1. The Balaban J connectivity index is 1.91. The van der Waals surface area contributed by atoms with Gasteiger partial charge in [-0.05, 0) is 25.8 Å². The number of nitrogens with one attached hydrogen (secondary N) is 1. The lowest BCUT2D eigenvalue weighted by Crippen LogP contribution is -2.22. The maximum absolute atomic E-state index is 4.58. The molecule has 1 aliphatic rings. The molecular weight excluding hydrogens is 198 g/mol. The Hall–Kier alpha value is -1.48. The largest absolute Gasteiger partial charge is 0.305 e. The summed E-state index contributed by atoms with van der Waals surface area (Å²) in [6.07, 6.45) is 4.48. The van der Waals surface area contributed by atoms with Crippen LogP contribution >= 0.6 is 0 Å². The van der Waals surface area contributed by atoms with Gasteiger partial charge in [0.1, 0.15) is 5.82 Å². The summed E-state index contributed by atoms with van der Waals surface area (Å²) in [6, 6.07) is 9.03. The normalized spacial score (nSPS) is 17.6. The van der Waals surface area contributed by atoms with Gasteiger partial charge in [-0.3, -0.25) is 0 Å². The first-order valence-corrected chi connectivity index (χ1v) is 5.80. The minimum absolute atomic E-state index is 0.247. The van der Waals surface area contributed by atoms with Crippen LogP contribution in [0.1, 0.15) is 31.6 Å². The van der Waals surface area contributed by atoms with Gasteiger partial charge in [-0.25, -0.2) is 9.97 Å². The predicted octanol–water partition coefficient (Wildman–Crippen LogP) is 2.44. The van der Waals surface area contributed by atoms with E-state index in [4.69, 9.17) is 0 Å². The minimum atomic E-state index is 0.247. The van der Waals surface area contributed by atoms with Crippen LogP contribution in [0.25, 0.3) is 10.9 Å². The summed E-state index contributed by atoms with van der Waals surface area (Å²) in [6.45, 7) is 2.13. The lowest BCUT2D eigenvalue weighted by Gasteiger charge is -2.11. The second-order valence-electron chi connectivity index (χ2n) is 4.45. The van der Waals surface area contributed by atoms with E-state index in [1.54, 1.807) is 0 Å². The minimum Gasteiger partial charge on any atom is -0.305 e. The molecule has 3 rings (SSSR count). The van der Waals surface area contributed by atoms with E-state index in [9.17, 15) is 0 Å². The molecule has 1 aliphatic carbocycles. The number of hydrogen-bond acceptors (Lipinski definition) is 3. The van der Waals surface area contributed by atoms with E-state index in [1.165, 1.54) is 12.8 Å². The zero-order valence-electron chi connectivity index (χ0n) is 9.35. The molecule has 1 saturated carbocycles. The maximum Gasteiger partial charge on any atom is 0.145 e. The van der Waals surface area contributed by atoms with Gasteiger partial charge in [0.15, 0.2) is 0 Å². The average Bonchev–Trinajstić information content (AvgIpc) is 3.12. The van der Waals surface area contributed by atoms with Crippen LogP contribution < -0.4 is 5.32 Å². The first kappa shape index (κ1) is 9.73. The van der Waals surface area contributed by atoms with Crippen molar-refractivity contribution < 1.29 is 0 Å². The molecule has 1 N–H and O–H groups in total. The third-order valence-electron chi connectivity index (χ3n) is 2.96. The van der Waals surface area contributed by atoms with Crippen molar-refractivity contribution in [3.05, 3.63) is 36.3 Å². The highest BCUT2D eigenvalue weighted by Gasteiger charge is 2.24. The van der Waals surface area contributed by atoms with E-state index in [1.807, 2.05) is 30.5 Å². The summed E-state index contributed by atoms with van der Waals surface area (Å²) in [5.74, 6) is 0.894. The fourth-order valence-electron chi connectivity index (χ4n) is 1.87. The van der Waals surface area contributed by atoms with Gasteiger partial charge in [0.05, 0.1) is 11.6 Å². The van der Waals surface area contributed by atoms with Gasteiger partial charge >= 0.3 is 0 Å². The number of aromatic nitrogens is 2. The van der Waals surface area contributed by atoms with Crippen LogP contribution in [0.3, 0.4) is 0 Å². The van der Waals surface area contributed by atoms with Crippen LogP contribution in [0.15, 0.2) is 30.5 Å². The molecule has 0 amide bonds. The molecule has 0 spiro atoms. The highest BCUT2D eigenvalue weighted by Crippen LogP contribution is 2.23. The number of para-hydroxylation sites is 1. The van der Waals surface area contributed by atoms with Crippen molar-refractivity contribution in [1.82, 2.24) is 15.3 Å². The molecule has 0 aliphatic heterocycles. The van der Waals surface area contributed by atoms with E-state index < -0.39 is 0 Å². The monoisotopic (exact) mass is 213 g/mol. The summed E-state index contributed by atoms with van der Waals surface area (Å²) in [5.41, 5.74) is 1.02. The van der Waals surface area contributed by atoms with Crippen LogP contribution in [0.2, 0.25) is 0 Å². The Morgan fingerprint density at radius 1 is 1.31 bits per heavy atom. The quantitative estimate of drug-likeness (QED) is 0.851. The van der Waals surface area contributed by atoms with Gasteiger partial charge in [0.2, 0.25) is 0 Å². The Kier molecular flexibility index (Phi) is 2.33. The van der Waals surface area contributed by atoms with Crippen molar-refractivity contribution in [3.63, 3.8) is 0 Å². The van der Waals surface area contributed by atoms with Crippen LogP contribution in [0.4, 0.5) is 0 Å². The molecule has 0 bridgehead atoms. The number of fused-ring (bicyclic) bond motifs is 1. The molecule has 1 heterocycles.